The molecule has 2 saturated heterocycles. The summed E-state index contributed by atoms with van der Waals surface area (Å²) in [6, 6.07) is 18.6. The Kier molecular flexibility index (Phi) is 5.90. The minimum Gasteiger partial charge on any atom is -0.353 e. The van der Waals surface area contributed by atoms with E-state index in [1.54, 1.807) is 0 Å². The van der Waals surface area contributed by atoms with Crippen LogP contribution in [0.2, 0.25) is 0 Å². The van der Waals surface area contributed by atoms with Crippen molar-refractivity contribution in [2.75, 3.05) is 69.2 Å². The molecule has 0 N–H and O–H groups in total. The zero-order chi connectivity index (χ0) is 21.9. The number of likely N-dealkylation sites (N-methyl/N-ethyl adjacent to an activating group) is 1. The number of carbonyl (C=O) groups excluding carboxylic acids is 1. The van der Waals surface area contributed by atoms with E-state index in [1.807, 2.05) is 23.1 Å². The number of benzene rings is 2. The summed E-state index contributed by atoms with van der Waals surface area (Å²) in [4.78, 5) is 21.8. The van der Waals surface area contributed by atoms with Gasteiger partial charge in [0.05, 0.1) is 6.42 Å². The van der Waals surface area contributed by atoms with E-state index in [2.05, 4.69) is 68.3 Å². The summed E-state index contributed by atoms with van der Waals surface area (Å²) in [6.45, 7) is 7.07. The molecule has 3 heterocycles. The molecule has 0 aliphatic carbocycles. The van der Waals surface area contributed by atoms with Crippen molar-refractivity contribution in [3.63, 3.8) is 0 Å². The molecule has 2 aliphatic heterocycles. The van der Waals surface area contributed by atoms with Crippen LogP contribution in [-0.2, 0) is 11.2 Å². The first-order valence-electron chi connectivity index (χ1n) is 11.4. The van der Waals surface area contributed by atoms with Crippen LogP contribution in [-0.4, -0.2) is 85.3 Å². The van der Waals surface area contributed by atoms with Crippen LogP contribution in [0.25, 0.3) is 10.8 Å². The van der Waals surface area contributed by atoms with Crippen molar-refractivity contribution < 1.29 is 4.79 Å². The Bertz CT molecular complexity index is 1060. The van der Waals surface area contributed by atoms with Gasteiger partial charge in [0.2, 0.25) is 5.91 Å². The van der Waals surface area contributed by atoms with E-state index in [0.29, 0.717) is 19.5 Å². The van der Waals surface area contributed by atoms with Crippen LogP contribution < -0.4 is 9.80 Å². The Balaban J connectivity index is 1.17. The van der Waals surface area contributed by atoms with E-state index >= 15 is 0 Å². The predicted octanol–water partition coefficient (Wildman–Crippen LogP) is 2.27. The molecule has 0 spiro atoms. The summed E-state index contributed by atoms with van der Waals surface area (Å²) in [5, 5.41) is 11.3. The third-order valence-electron chi connectivity index (χ3n) is 6.64. The number of hydrogen-bond donors (Lipinski definition) is 0. The highest BCUT2D eigenvalue weighted by molar-refractivity contribution is 5.90. The molecule has 2 aromatic carbocycles. The second-order valence-electron chi connectivity index (χ2n) is 8.72. The summed E-state index contributed by atoms with van der Waals surface area (Å²) in [6.07, 6.45) is 0.445. The first kappa shape index (κ1) is 20.7. The monoisotopic (exact) mass is 430 g/mol. The molecule has 2 aliphatic rings. The lowest BCUT2D eigenvalue weighted by atomic mass is 10.0. The van der Waals surface area contributed by atoms with Crippen molar-refractivity contribution in [3.8, 4) is 0 Å². The van der Waals surface area contributed by atoms with Gasteiger partial charge < -0.3 is 19.6 Å². The van der Waals surface area contributed by atoms with Crippen molar-refractivity contribution in [1.29, 1.82) is 0 Å². The number of hydrogen-bond acceptors (Lipinski definition) is 6. The highest BCUT2D eigenvalue weighted by Crippen LogP contribution is 2.21. The fourth-order valence-corrected chi connectivity index (χ4v) is 4.60. The Labute approximate surface area is 189 Å². The molecule has 7 heteroatoms. The number of carbonyl (C=O) groups is 1. The fraction of sp³-hybridized carbons (Fsp3) is 0.400. The molecule has 166 valence electrons. The Hall–Kier alpha value is -3.19. The van der Waals surface area contributed by atoms with Crippen molar-refractivity contribution in [2.45, 2.75) is 6.42 Å². The average Bonchev–Trinajstić information content (AvgIpc) is 2.85. The molecule has 2 fully saturated rings. The standard InChI is InChI=1S/C25H30N6O/c1-28-11-13-29(14-12-28)23-9-10-24(27-26-23)30-15-17-31(18-16-30)25(32)19-21-7-4-6-20-5-2-3-8-22(20)21/h2-10H,11-19H2,1H3. The highest BCUT2D eigenvalue weighted by atomic mass is 16.2. The number of piperazine rings is 2. The number of fused-ring (bicyclic) bond motifs is 1. The number of rotatable bonds is 4. The van der Waals surface area contributed by atoms with Crippen LogP contribution in [0.5, 0.6) is 0 Å². The van der Waals surface area contributed by atoms with Crippen LogP contribution in [0.1, 0.15) is 5.56 Å². The average molecular weight is 431 g/mol. The van der Waals surface area contributed by atoms with Crippen molar-refractivity contribution in [2.24, 2.45) is 0 Å². The quantitative estimate of drug-likeness (QED) is 0.633. The number of nitrogens with zero attached hydrogens (tertiary/aromatic N) is 6. The van der Waals surface area contributed by atoms with Gasteiger partial charge in [-0.15, -0.1) is 10.2 Å². The number of anilines is 2. The van der Waals surface area contributed by atoms with Crippen LogP contribution in [0.15, 0.2) is 54.6 Å². The molecule has 0 radical (unpaired) electrons. The third-order valence-corrected chi connectivity index (χ3v) is 6.64. The SMILES string of the molecule is CN1CCN(c2ccc(N3CCN(C(=O)Cc4cccc5ccccc45)CC3)nn2)CC1. The largest absolute Gasteiger partial charge is 0.353 e. The minimum absolute atomic E-state index is 0.192. The molecule has 0 bridgehead atoms. The topological polar surface area (TPSA) is 55.8 Å². The van der Waals surface area contributed by atoms with Crippen LogP contribution >= 0.6 is 0 Å². The van der Waals surface area contributed by atoms with Gasteiger partial charge in [0.25, 0.3) is 0 Å². The molecule has 0 unspecified atom stereocenters. The molecule has 7 nitrogen and oxygen atoms in total. The van der Waals surface area contributed by atoms with Crippen LogP contribution in [0.3, 0.4) is 0 Å². The van der Waals surface area contributed by atoms with E-state index in [-0.39, 0.29) is 5.91 Å². The van der Waals surface area contributed by atoms with Gasteiger partial charge in [-0.3, -0.25) is 4.79 Å². The first-order chi connectivity index (χ1) is 15.7. The van der Waals surface area contributed by atoms with Crippen LogP contribution in [0.4, 0.5) is 11.6 Å². The van der Waals surface area contributed by atoms with Crippen LogP contribution in [0, 0.1) is 0 Å². The first-order valence-corrected chi connectivity index (χ1v) is 11.4. The van der Waals surface area contributed by atoms with Gasteiger partial charge in [-0.1, -0.05) is 42.5 Å². The van der Waals surface area contributed by atoms with E-state index in [9.17, 15) is 4.79 Å². The summed E-state index contributed by atoms with van der Waals surface area (Å²) in [5.74, 6) is 2.03. The molecule has 0 saturated carbocycles. The maximum absolute atomic E-state index is 13.0. The van der Waals surface area contributed by atoms with Gasteiger partial charge in [-0.05, 0) is 35.5 Å². The summed E-state index contributed by atoms with van der Waals surface area (Å²) in [5.41, 5.74) is 1.10. The maximum Gasteiger partial charge on any atom is 0.227 e. The summed E-state index contributed by atoms with van der Waals surface area (Å²) >= 11 is 0. The second-order valence-corrected chi connectivity index (χ2v) is 8.72. The molecule has 0 atom stereocenters. The Morgan fingerprint density at radius 3 is 2.00 bits per heavy atom. The van der Waals surface area contributed by atoms with E-state index in [1.165, 1.54) is 5.39 Å². The minimum atomic E-state index is 0.192. The lowest BCUT2D eigenvalue weighted by Gasteiger charge is -2.36. The van der Waals surface area contributed by atoms with Crippen molar-refractivity contribution >= 4 is 28.3 Å². The normalized spacial score (nSPS) is 17.7. The predicted molar refractivity (Wildman–Crippen MR) is 128 cm³/mol. The van der Waals surface area contributed by atoms with Crippen molar-refractivity contribution in [1.82, 2.24) is 20.0 Å². The fourth-order valence-electron chi connectivity index (χ4n) is 4.60. The van der Waals surface area contributed by atoms with E-state index in [0.717, 1.165) is 61.9 Å². The third kappa shape index (κ3) is 4.39. The van der Waals surface area contributed by atoms with E-state index in [4.69, 9.17) is 0 Å². The zero-order valence-electron chi connectivity index (χ0n) is 18.7. The Morgan fingerprint density at radius 1 is 0.750 bits per heavy atom. The van der Waals surface area contributed by atoms with Gasteiger partial charge in [0.1, 0.15) is 0 Å². The van der Waals surface area contributed by atoms with Gasteiger partial charge in [0.15, 0.2) is 11.6 Å². The van der Waals surface area contributed by atoms with Crippen molar-refractivity contribution in [3.05, 3.63) is 60.2 Å². The van der Waals surface area contributed by atoms with Gasteiger partial charge >= 0.3 is 0 Å². The maximum atomic E-state index is 13.0. The number of amides is 1. The summed E-state index contributed by atoms with van der Waals surface area (Å²) < 4.78 is 0. The molecule has 3 aromatic rings. The smallest absolute Gasteiger partial charge is 0.227 e. The van der Waals surface area contributed by atoms with Gasteiger partial charge in [-0.2, -0.15) is 0 Å². The zero-order valence-corrected chi connectivity index (χ0v) is 18.7. The molecule has 32 heavy (non-hydrogen) atoms. The lowest BCUT2D eigenvalue weighted by Crippen LogP contribution is -2.49. The van der Waals surface area contributed by atoms with E-state index < -0.39 is 0 Å². The summed E-state index contributed by atoms with van der Waals surface area (Å²) in [7, 11) is 2.15. The lowest BCUT2D eigenvalue weighted by molar-refractivity contribution is -0.130. The second kappa shape index (κ2) is 9.12. The number of aromatic nitrogens is 2. The molecule has 5 rings (SSSR count). The molecule has 1 aromatic heterocycles. The molecular formula is C25H30N6O. The van der Waals surface area contributed by atoms with Gasteiger partial charge in [0, 0.05) is 52.4 Å². The van der Waals surface area contributed by atoms with Gasteiger partial charge in [-0.25, -0.2) is 0 Å². The Morgan fingerprint density at radius 2 is 1.34 bits per heavy atom. The molecular weight excluding hydrogens is 400 g/mol. The highest BCUT2D eigenvalue weighted by Gasteiger charge is 2.23. The molecule has 1 amide bonds.